The van der Waals surface area contributed by atoms with Crippen LogP contribution in [0, 0.1) is 6.92 Å². The maximum Gasteiger partial charge on any atom is 0.304 e. The SMILES string of the molecule is CCn1nc(C)cc1CN(CCC(=O)O)C(C)C. The van der Waals surface area contributed by atoms with Crippen molar-refractivity contribution >= 4 is 5.97 Å². The van der Waals surface area contributed by atoms with Crippen LogP contribution in [-0.2, 0) is 17.9 Å². The Morgan fingerprint density at radius 2 is 2.22 bits per heavy atom. The number of hydrogen-bond donors (Lipinski definition) is 1. The first-order valence-electron chi connectivity index (χ1n) is 6.43. The number of carbonyl (C=O) groups is 1. The third-order valence-electron chi connectivity index (χ3n) is 2.99. The molecule has 0 saturated carbocycles. The molecule has 1 N–H and O–H groups in total. The fraction of sp³-hybridized carbons (Fsp3) is 0.692. The maximum atomic E-state index is 10.7. The number of hydrogen-bond acceptors (Lipinski definition) is 3. The zero-order valence-electron chi connectivity index (χ0n) is 11.7. The smallest absolute Gasteiger partial charge is 0.304 e. The number of aryl methyl sites for hydroxylation is 2. The Balaban J connectivity index is 2.73. The van der Waals surface area contributed by atoms with E-state index in [-0.39, 0.29) is 6.42 Å². The molecule has 0 aliphatic heterocycles. The van der Waals surface area contributed by atoms with Gasteiger partial charge in [0.1, 0.15) is 0 Å². The molecule has 0 fully saturated rings. The van der Waals surface area contributed by atoms with Crippen LogP contribution < -0.4 is 0 Å². The molecule has 18 heavy (non-hydrogen) atoms. The summed E-state index contributed by atoms with van der Waals surface area (Å²) in [5, 5.41) is 13.2. The molecule has 1 aromatic heterocycles. The molecule has 5 nitrogen and oxygen atoms in total. The van der Waals surface area contributed by atoms with Gasteiger partial charge in [0.2, 0.25) is 0 Å². The highest BCUT2D eigenvalue weighted by atomic mass is 16.4. The van der Waals surface area contributed by atoms with E-state index in [0.717, 1.165) is 24.5 Å². The first-order valence-corrected chi connectivity index (χ1v) is 6.43. The van der Waals surface area contributed by atoms with Crippen molar-refractivity contribution in [2.45, 2.75) is 53.2 Å². The number of aliphatic carboxylic acids is 1. The van der Waals surface area contributed by atoms with Gasteiger partial charge in [0.05, 0.1) is 17.8 Å². The second kappa shape index (κ2) is 6.54. The predicted octanol–water partition coefficient (Wildman–Crippen LogP) is 1.90. The van der Waals surface area contributed by atoms with E-state index in [1.165, 1.54) is 0 Å². The van der Waals surface area contributed by atoms with Gasteiger partial charge in [-0.05, 0) is 33.8 Å². The number of carboxylic acids is 1. The summed E-state index contributed by atoms with van der Waals surface area (Å²) < 4.78 is 1.98. The Hall–Kier alpha value is -1.36. The highest BCUT2D eigenvalue weighted by Crippen LogP contribution is 2.11. The monoisotopic (exact) mass is 253 g/mol. The fourth-order valence-corrected chi connectivity index (χ4v) is 1.97. The van der Waals surface area contributed by atoms with Gasteiger partial charge in [0, 0.05) is 25.7 Å². The minimum atomic E-state index is -0.749. The lowest BCUT2D eigenvalue weighted by Gasteiger charge is -2.25. The molecule has 5 heteroatoms. The molecular weight excluding hydrogens is 230 g/mol. The molecule has 0 aromatic carbocycles. The number of carboxylic acid groups (broad SMARTS) is 1. The Morgan fingerprint density at radius 1 is 1.56 bits per heavy atom. The van der Waals surface area contributed by atoms with Crippen LogP contribution in [0.1, 0.15) is 38.6 Å². The standard InChI is InChI=1S/C13H23N3O2/c1-5-16-12(8-11(4)14-16)9-15(10(2)3)7-6-13(17)18/h8,10H,5-7,9H2,1-4H3,(H,17,18). The van der Waals surface area contributed by atoms with Crippen LogP contribution in [0.5, 0.6) is 0 Å². The zero-order valence-corrected chi connectivity index (χ0v) is 11.7. The van der Waals surface area contributed by atoms with Crippen LogP contribution in [0.3, 0.4) is 0 Å². The third kappa shape index (κ3) is 4.14. The number of aromatic nitrogens is 2. The molecule has 0 amide bonds. The van der Waals surface area contributed by atoms with E-state index in [9.17, 15) is 4.79 Å². The van der Waals surface area contributed by atoms with E-state index in [1.807, 2.05) is 11.6 Å². The number of rotatable bonds is 7. The molecule has 102 valence electrons. The average molecular weight is 253 g/mol. The third-order valence-corrected chi connectivity index (χ3v) is 2.99. The lowest BCUT2D eigenvalue weighted by atomic mass is 10.2. The van der Waals surface area contributed by atoms with Gasteiger partial charge >= 0.3 is 5.97 Å². The normalized spacial score (nSPS) is 11.4. The Kier molecular flexibility index (Phi) is 5.34. The van der Waals surface area contributed by atoms with Crippen molar-refractivity contribution in [2.24, 2.45) is 0 Å². The van der Waals surface area contributed by atoms with Crippen molar-refractivity contribution in [3.05, 3.63) is 17.5 Å². The molecular formula is C13H23N3O2. The van der Waals surface area contributed by atoms with Crippen molar-refractivity contribution in [3.63, 3.8) is 0 Å². The molecule has 1 heterocycles. The van der Waals surface area contributed by atoms with E-state index in [1.54, 1.807) is 0 Å². The highest BCUT2D eigenvalue weighted by molar-refractivity contribution is 5.66. The molecule has 0 unspecified atom stereocenters. The molecule has 0 bridgehead atoms. The summed E-state index contributed by atoms with van der Waals surface area (Å²) in [5.74, 6) is -0.749. The van der Waals surface area contributed by atoms with Crippen molar-refractivity contribution in [3.8, 4) is 0 Å². The molecule has 1 rings (SSSR count). The maximum absolute atomic E-state index is 10.7. The van der Waals surface area contributed by atoms with E-state index < -0.39 is 5.97 Å². The molecule has 0 aliphatic carbocycles. The molecule has 0 aliphatic rings. The van der Waals surface area contributed by atoms with E-state index >= 15 is 0 Å². The van der Waals surface area contributed by atoms with Crippen molar-refractivity contribution in [2.75, 3.05) is 6.54 Å². The van der Waals surface area contributed by atoms with E-state index in [0.29, 0.717) is 12.6 Å². The van der Waals surface area contributed by atoms with Crippen molar-refractivity contribution in [1.29, 1.82) is 0 Å². The summed E-state index contributed by atoms with van der Waals surface area (Å²) in [6, 6.07) is 2.39. The van der Waals surface area contributed by atoms with Crippen LogP contribution in [0.2, 0.25) is 0 Å². The second-order valence-corrected chi connectivity index (χ2v) is 4.80. The minimum Gasteiger partial charge on any atom is -0.481 e. The van der Waals surface area contributed by atoms with Crippen molar-refractivity contribution < 1.29 is 9.90 Å². The Morgan fingerprint density at radius 3 is 2.72 bits per heavy atom. The Bertz CT molecular complexity index is 399. The first kappa shape index (κ1) is 14.7. The lowest BCUT2D eigenvalue weighted by molar-refractivity contribution is -0.137. The van der Waals surface area contributed by atoms with Crippen molar-refractivity contribution in [1.82, 2.24) is 14.7 Å². The highest BCUT2D eigenvalue weighted by Gasteiger charge is 2.14. The molecule has 0 radical (unpaired) electrons. The fourth-order valence-electron chi connectivity index (χ4n) is 1.97. The second-order valence-electron chi connectivity index (χ2n) is 4.80. The van der Waals surface area contributed by atoms with E-state index in [2.05, 4.69) is 36.8 Å². The van der Waals surface area contributed by atoms with Gasteiger partial charge in [-0.1, -0.05) is 0 Å². The van der Waals surface area contributed by atoms with Gasteiger partial charge in [-0.2, -0.15) is 5.10 Å². The minimum absolute atomic E-state index is 0.178. The zero-order chi connectivity index (χ0) is 13.7. The summed E-state index contributed by atoms with van der Waals surface area (Å²) in [4.78, 5) is 12.8. The topological polar surface area (TPSA) is 58.4 Å². The average Bonchev–Trinajstić information content (AvgIpc) is 2.64. The van der Waals surface area contributed by atoms with Crippen LogP contribution in [0.15, 0.2) is 6.07 Å². The summed E-state index contributed by atoms with van der Waals surface area (Å²) in [5.41, 5.74) is 2.16. The van der Waals surface area contributed by atoms with Gasteiger partial charge < -0.3 is 5.11 Å². The predicted molar refractivity (Wildman–Crippen MR) is 70.4 cm³/mol. The van der Waals surface area contributed by atoms with Gasteiger partial charge in [0.25, 0.3) is 0 Å². The molecule has 0 saturated heterocycles. The molecule has 0 spiro atoms. The lowest BCUT2D eigenvalue weighted by Crippen LogP contribution is -2.33. The molecule has 1 aromatic rings. The van der Waals surface area contributed by atoms with Crippen LogP contribution in [0.4, 0.5) is 0 Å². The van der Waals surface area contributed by atoms with Gasteiger partial charge in [-0.3, -0.25) is 14.4 Å². The van der Waals surface area contributed by atoms with Crippen LogP contribution in [0.25, 0.3) is 0 Å². The van der Waals surface area contributed by atoms with Gasteiger partial charge in [-0.25, -0.2) is 0 Å². The quantitative estimate of drug-likeness (QED) is 0.806. The summed E-state index contributed by atoms with van der Waals surface area (Å²) in [7, 11) is 0. The van der Waals surface area contributed by atoms with Gasteiger partial charge in [0.15, 0.2) is 0 Å². The van der Waals surface area contributed by atoms with Crippen LogP contribution in [-0.4, -0.2) is 38.3 Å². The summed E-state index contributed by atoms with van der Waals surface area (Å²) >= 11 is 0. The Labute approximate surface area is 108 Å². The van der Waals surface area contributed by atoms with Gasteiger partial charge in [-0.15, -0.1) is 0 Å². The number of nitrogens with zero attached hydrogens (tertiary/aromatic N) is 3. The first-order chi connectivity index (χ1) is 8.43. The molecule has 0 atom stereocenters. The van der Waals surface area contributed by atoms with E-state index in [4.69, 9.17) is 5.11 Å². The largest absolute Gasteiger partial charge is 0.481 e. The summed E-state index contributed by atoms with van der Waals surface area (Å²) in [6.07, 6.45) is 0.178. The van der Waals surface area contributed by atoms with Crippen LogP contribution >= 0.6 is 0 Å². The summed E-state index contributed by atoms with van der Waals surface area (Å²) in [6.45, 7) is 10.4.